The third kappa shape index (κ3) is 8.06. The summed E-state index contributed by atoms with van der Waals surface area (Å²) in [5.74, 6) is 2.32. The highest BCUT2D eigenvalue weighted by atomic mass is 127. The van der Waals surface area contributed by atoms with Gasteiger partial charge in [0.1, 0.15) is 12.4 Å². The average molecular weight is 554 g/mol. The smallest absolute Gasteiger partial charge is 0.191 e. The maximum Gasteiger partial charge on any atom is 0.191 e. The van der Waals surface area contributed by atoms with E-state index in [1.54, 1.807) is 0 Å². The van der Waals surface area contributed by atoms with Crippen molar-refractivity contribution in [1.29, 1.82) is 0 Å². The Bertz CT molecular complexity index is 815. The van der Waals surface area contributed by atoms with Gasteiger partial charge in [0.05, 0.1) is 6.10 Å². The molecular formula is C25H40IN5O. The number of ether oxygens (including phenoxy) is 1. The van der Waals surface area contributed by atoms with E-state index in [0.717, 1.165) is 50.9 Å². The van der Waals surface area contributed by atoms with Crippen molar-refractivity contribution < 1.29 is 4.74 Å². The van der Waals surface area contributed by atoms with E-state index in [1.807, 2.05) is 12.4 Å². The molecule has 0 aliphatic carbocycles. The van der Waals surface area contributed by atoms with Gasteiger partial charge < -0.3 is 19.9 Å². The van der Waals surface area contributed by atoms with Crippen molar-refractivity contribution in [3.8, 4) is 0 Å². The topological polar surface area (TPSA) is 63.5 Å². The second-order valence-corrected chi connectivity index (χ2v) is 9.41. The molecule has 1 fully saturated rings. The molecule has 1 saturated heterocycles. The lowest BCUT2D eigenvalue weighted by Crippen LogP contribution is -2.47. The summed E-state index contributed by atoms with van der Waals surface area (Å²) < 4.78 is 8.33. The van der Waals surface area contributed by atoms with Crippen LogP contribution in [0.3, 0.4) is 0 Å². The van der Waals surface area contributed by atoms with Crippen molar-refractivity contribution in [2.45, 2.75) is 66.2 Å². The molecule has 1 aliphatic rings. The fourth-order valence-corrected chi connectivity index (χ4v) is 4.32. The summed E-state index contributed by atoms with van der Waals surface area (Å²) in [6, 6.07) is 10.6. The summed E-state index contributed by atoms with van der Waals surface area (Å²) in [6.07, 6.45) is 7.49. The maximum atomic E-state index is 6.13. The van der Waals surface area contributed by atoms with Crippen LogP contribution in [0.25, 0.3) is 0 Å². The molecule has 0 bridgehead atoms. The number of imidazole rings is 1. The first-order valence-corrected chi connectivity index (χ1v) is 11.6. The zero-order valence-corrected chi connectivity index (χ0v) is 22.3. The predicted molar refractivity (Wildman–Crippen MR) is 143 cm³/mol. The summed E-state index contributed by atoms with van der Waals surface area (Å²) in [5, 5.41) is 6.93. The van der Waals surface area contributed by atoms with Gasteiger partial charge in [-0.25, -0.2) is 9.98 Å². The highest BCUT2D eigenvalue weighted by Gasteiger charge is 2.35. The van der Waals surface area contributed by atoms with Gasteiger partial charge in [0, 0.05) is 44.6 Å². The van der Waals surface area contributed by atoms with E-state index in [9.17, 15) is 0 Å². The number of nitrogens with zero attached hydrogens (tertiary/aromatic N) is 3. The molecule has 2 heterocycles. The molecule has 0 radical (unpaired) electrons. The van der Waals surface area contributed by atoms with Crippen LogP contribution in [0.15, 0.2) is 47.7 Å². The zero-order valence-electron chi connectivity index (χ0n) is 20.0. The van der Waals surface area contributed by atoms with Crippen LogP contribution in [0.4, 0.5) is 0 Å². The van der Waals surface area contributed by atoms with Crippen LogP contribution in [0.2, 0.25) is 0 Å². The number of nitrogens with one attached hydrogen (secondary N) is 2. The molecule has 7 heteroatoms. The summed E-state index contributed by atoms with van der Waals surface area (Å²) in [7, 11) is 0. The van der Waals surface area contributed by atoms with Gasteiger partial charge in [0.15, 0.2) is 5.96 Å². The van der Waals surface area contributed by atoms with Crippen LogP contribution in [0, 0.1) is 11.3 Å². The van der Waals surface area contributed by atoms with Crippen molar-refractivity contribution in [2.24, 2.45) is 16.3 Å². The normalized spacial score (nSPS) is 19.3. The van der Waals surface area contributed by atoms with E-state index >= 15 is 0 Å². The number of benzene rings is 1. The van der Waals surface area contributed by atoms with Gasteiger partial charge in [0.2, 0.25) is 0 Å². The molecule has 0 spiro atoms. The first kappa shape index (κ1) is 26.6. The first-order chi connectivity index (χ1) is 15.0. The van der Waals surface area contributed by atoms with Crippen LogP contribution in [-0.4, -0.2) is 41.3 Å². The number of aliphatic imine (C=N–C) groups is 1. The van der Waals surface area contributed by atoms with Gasteiger partial charge in [-0.1, -0.05) is 51.1 Å². The Labute approximate surface area is 210 Å². The van der Waals surface area contributed by atoms with Gasteiger partial charge >= 0.3 is 0 Å². The van der Waals surface area contributed by atoms with Crippen molar-refractivity contribution in [3.63, 3.8) is 0 Å². The molecule has 1 aromatic heterocycles. The van der Waals surface area contributed by atoms with Crippen molar-refractivity contribution in [2.75, 3.05) is 19.7 Å². The minimum absolute atomic E-state index is 0. The van der Waals surface area contributed by atoms with Crippen molar-refractivity contribution >= 4 is 29.9 Å². The van der Waals surface area contributed by atoms with Gasteiger partial charge in [-0.05, 0) is 37.2 Å². The molecule has 1 aromatic carbocycles. The van der Waals surface area contributed by atoms with Crippen molar-refractivity contribution in [3.05, 3.63) is 54.1 Å². The van der Waals surface area contributed by atoms with E-state index in [2.05, 4.69) is 78.2 Å². The molecule has 1 aliphatic heterocycles. The lowest BCUT2D eigenvalue weighted by molar-refractivity contribution is -0.0835. The predicted octanol–water partition coefficient (Wildman–Crippen LogP) is 4.64. The van der Waals surface area contributed by atoms with Gasteiger partial charge in [-0.2, -0.15) is 0 Å². The molecular weight excluding hydrogens is 513 g/mol. The van der Waals surface area contributed by atoms with Crippen LogP contribution >= 0.6 is 24.0 Å². The molecule has 0 saturated carbocycles. The maximum absolute atomic E-state index is 6.13. The van der Waals surface area contributed by atoms with Crippen LogP contribution in [0.5, 0.6) is 0 Å². The van der Waals surface area contributed by atoms with E-state index in [1.165, 1.54) is 12.0 Å². The molecule has 0 amide bonds. The Morgan fingerprint density at radius 1 is 1.22 bits per heavy atom. The third-order valence-corrected chi connectivity index (χ3v) is 5.84. The molecule has 2 atom stereocenters. The Balaban J connectivity index is 0.00000363. The molecule has 2 N–H and O–H groups in total. The van der Waals surface area contributed by atoms with E-state index in [-0.39, 0.29) is 35.5 Å². The monoisotopic (exact) mass is 553 g/mol. The molecule has 32 heavy (non-hydrogen) atoms. The Morgan fingerprint density at radius 2 is 2.00 bits per heavy atom. The number of guanidine groups is 1. The Hall–Kier alpha value is -1.61. The number of halogens is 1. The van der Waals surface area contributed by atoms with E-state index in [4.69, 9.17) is 9.73 Å². The van der Waals surface area contributed by atoms with Gasteiger partial charge in [-0.3, -0.25) is 0 Å². The summed E-state index contributed by atoms with van der Waals surface area (Å²) >= 11 is 0. The number of aryl methyl sites for hydroxylation is 2. The fourth-order valence-electron chi connectivity index (χ4n) is 4.32. The third-order valence-electron chi connectivity index (χ3n) is 5.84. The fraction of sp³-hybridized carbons (Fsp3) is 0.600. The highest BCUT2D eigenvalue weighted by Crippen LogP contribution is 2.33. The standard InChI is InChI=1S/C25H39N5O.HI/c1-5-26-24(28-18-21-12-9-17-31-23(21)25(2,3)4)29-19-22-27-14-16-30(22)15-13-20-10-7-6-8-11-20;/h6-8,10-11,14,16,21,23H,5,9,12-13,15,17-19H2,1-4H3,(H2,26,28,29);1H. The quantitative estimate of drug-likeness (QED) is 0.284. The number of aromatic nitrogens is 2. The molecule has 6 nitrogen and oxygen atoms in total. The summed E-state index contributed by atoms with van der Waals surface area (Å²) in [4.78, 5) is 9.35. The Kier molecular flexibility index (Phi) is 11.0. The first-order valence-electron chi connectivity index (χ1n) is 11.6. The lowest BCUT2D eigenvalue weighted by atomic mass is 9.78. The molecule has 2 unspecified atom stereocenters. The van der Waals surface area contributed by atoms with Crippen LogP contribution < -0.4 is 10.6 Å². The molecule has 3 rings (SSSR count). The minimum atomic E-state index is 0. The molecule has 2 aromatic rings. The van der Waals surface area contributed by atoms with Gasteiger partial charge in [0.25, 0.3) is 0 Å². The molecule has 178 valence electrons. The highest BCUT2D eigenvalue weighted by molar-refractivity contribution is 14.0. The second kappa shape index (κ2) is 13.2. The largest absolute Gasteiger partial charge is 0.377 e. The summed E-state index contributed by atoms with van der Waals surface area (Å²) in [6.45, 7) is 12.9. The lowest BCUT2D eigenvalue weighted by Gasteiger charge is -2.40. The zero-order chi connectivity index (χ0) is 22.1. The average Bonchev–Trinajstić information content (AvgIpc) is 3.22. The number of hydrogen-bond donors (Lipinski definition) is 2. The number of rotatable bonds is 8. The van der Waals surface area contributed by atoms with E-state index in [0.29, 0.717) is 12.5 Å². The van der Waals surface area contributed by atoms with Gasteiger partial charge in [-0.15, -0.1) is 24.0 Å². The number of hydrogen-bond acceptors (Lipinski definition) is 3. The van der Waals surface area contributed by atoms with Crippen LogP contribution in [-0.2, 0) is 24.2 Å². The Morgan fingerprint density at radius 3 is 2.72 bits per heavy atom. The SMILES string of the molecule is CCNC(=NCc1nccn1CCc1ccccc1)NCC1CCCOC1C(C)(C)C.I. The van der Waals surface area contributed by atoms with Crippen molar-refractivity contribution in [1.82, 2.24) is 20.2 Å². The summed E-state index contributed by atoms with van der Waals surface area (Å²) in [5.41, 5.74) is 1.48. The minimum Gasteiger partial charge on any atom is -0.377 e. The van der Waals surface area contributed by atoms with Crippen LogP contribution in [0.1, 0.15) is 51.9 Å². The second-order valence-electron chi connectivity index (χ2n) is 9.41. The van der Waals surface area contributed by atoms with E-state index < -0.39 is 0 Å².